The maximum atomic E-state index is 3.56. The zero-order chi connectivity index (χ0) is 8.81. The number of nitrogens with one attached hydrogen (secondary N) is 1. The van der Waals surface area contributed by atoms with Crippen molar-refractivity contribution < 1.29 is 0 Å². The molecule has 1 fully saturated rings. The Morgan fingerprint density at radius 3 is 2.83 bits per heavy atom. The van der Waals surface area contributed by atoms with Gasteiger partial charge in [0.2, 0.25) is 0 Å². The van der Waals surface area contributed by atoms with Gasteiger partial charge in [-0.1, -0.05) is 20.3 Å². The summed E-state index contributed by atoms with van der Waals surface area (Å²) in [5.74, 6) is 1.34. The maximum absolute atomic E-state index is 3.56. The van der Waals surface area contributed by atoms with Crippen LogP contribution in [-0.2, 0) is 0 Å². The molecule has 12 heavy (non-hydrogen) atoms. The highest BCUT2D eigenvalue weighted by Gasteiger charge is 2.20. The summed E-state index contributed by atoms with van der Waals surface area (Å²) in [6.45, 7) is 5.79. The van der Waals surface area contributed by atoms with Gasteiger partial charge in [-0.05, 0) is 25.0 Å². The van der Waals surface area contributed by atoms with Gasteiger partial charge in [-0.2, -0.15) is 11.8 Å². The summed E-state index contributed by atoms with van der Waals surface area (Å²) in [7, 11) is 0. The molecule has 0 saturated heterocycles. The molecule has 2 heteroatoms. The predicted octanol–water partition coefficient (Wildman–Crippen LogP) is 2.66. The molecule has 0 amide bonds. The molecule has 0 radical (unpaired) electrons. The van der Waals surface area contributed by atoms with Crippen LogP contribution in [0.25, 0.3) is 0 Å². The standard InChI is InChI=1S/C10H21NS/c1-3-4-7-12-9(2)8-11-10-5-6-10/h9-11H,3-8H2,1-2H3. The fraction of sp³-hybridized carbons (Fsp3) is 1.00. The SMILES string of the molecule is CCCCSC(C)CNC1CC1. The summed E-state index contributed by atoms with van der Waals surface area (Å²) in [4.78, 5) is 0. The molecule has 0 heterocycles. The van der Waals surface area contributed by atoms with Gasteiger partial charge in [-0.25, -0.2) is 0 Å². The molecule has 0 aromatic carbocycles. The summed E-state index contributed by atoms with van der Waals surface area (Å²) < 4.78 is 0. The molecule has 72 valence electrons. The first kappa shape index (κ1) is 10.4. The molecule has 1 rings (SSSR count). The summed E-state index contributed by atoms with van der Waals surface area (Å²) in [6.07, 6.45) is 5.52. The topological polar surface area (TPSA) is 12.0 Å². The molecule has 0 aromatic heterocycles. The van der Waals surface area contributed by atoms with E-state index in [0.29, 0.717) is 0 Å². The van der Waals surface area contributed by atoms with Crippen molar-refractivity contribution in [3.05, 3.63) is 0 Å². The van der Waals surface area contributed by atoms with Crippen LogP contribution in [0.5, 0.6) is 0 Å². The van der Waals surface area contributed by atoms with E-state index >= 15 is 0 Å². The highest BCUT2D eigenvalue weighted by atomic mass is 32.2. The Morgan fingerprint density at radius 2 is 2.25 bits per heavy atom. The minimum absolute atomic E-state index is 0.803. The van der Waals surface area contributed by atoms with Crippen LogP contribution < -0.4 is 5.32 Å². The fourth-order valence-corrected chi connectivity index (χ4v) is 2.18. The molecule has 0 bridgehead atoms. The van der Waals surface area contributed by atoms with Crippen LogP contribution >= 0.6 is 11.8 Å². The maximum Gasteiger partial charge on any atom is 0.0144 e. The van der Waals surface area contributed by atoms with Gasteiger partial charge in [0.05, 0.1) is 0 Å². The van der Waals surface area contributed by atoms with Crippen LogP contribution in [0.4, 0.5) is 0 Å². The molecule has 1 unspecified atom stereocenters. The van der Waals surface area contributed by atoms with Gasteiger partial charge < -0.3 is 5.32 Å². The second-order valence-corrected chi connectivity index (χ2v) is 5.26. The Kier molecular flexibility index (Phi) is 5.08. The van der Waals surface area contributed by atoms with E-state index in [1.165, 1.54) is 38.0 Å². The highest BCUT2D eigenvalue weighted by molar-refractivity contribution is 7.99. The quantitative estimate of drug-likeness (QED) is 0.615. The van der Waals surface area contributed by atoms with Crippen LogP contribution in [-0.4, -0.2) is 23.6 Å². The lowest BCUT2D eigenvalue weighted by Crippen LogP contribution is -2.24. The summed E-state index contributed by atoms with van der Waals surface area (Å²) in [5, 5.41) is 4.37. The largest absolute Gasteiger partial charge is 0.313 e. The van der Waals surface area contributed by atoms with E-state index in [9.17, 15) is 0 Å². The summed E-state index contributed by atoms with van der Waals surface area (Å²) in [6, 6.07) is 0.874. The van der Waals surface area contributed by atoms with Crippen molar-refractivity contribution in [2.24, 2.45) is 0 Å². The van der Waals surface area contributed by atoms with Crippen molar-refractivity contribution in [1.82, 2.24) is 5.32 Å². The van der Waals surface area contributed by atoms with Crippen molar-refractivity contribution in [2.75, 3.05) is 12.3 Å². The predicted molar refractivity (Wildman–Crippen MR) is 57.9 cm³/mol. The van der Waals surface area contributed by atoms with Gasteiger partial charge in [-0.15, -0.1) is 0 Å². The lowest BCUT2D eigenvalue weighted by atomic mass is 10.4. The van der Waals surface area contributed by atoms with Crippen molar-refractivity contribution >= 4 is 11.8 Å². The Hall–Kier alpha value is 0.310. The first-order chi connectivity index (χ1) is 5.83. The van der Waals surface area contributed by atoms with E-state index in [1.54, 1.807) is 0 Å². The summed E-state index contributed by atoms with van der Waals surface area (Å²) in [5.41, 5.74) is 0. The molecule has 1 nitrogen and oxygen atoms in total. The molecule has 1 aliphatic carbocycles. The second-order valence-electron chi connectivity index (χ2n) is 3.72. The zero-order valence-corrected chi connectivity index (χ0v) is 9.12. The van der Waals surface area contributed by atoms with Gasteiger partial charge in [0.1, 0.15) is 0 Å². The Bertz CT molecular complexity index is 112. The van der Waals surface area contributed by atoms with E-state index in [2.05, 4.69) is 30.9 Å². The van der Waals surface area contributed by atoms with Gasteiger partial charge in [0.25, 0.3) is 0 Å². The lowest BCUT2D eigenvalue weighted by Gasteiger charge is -2.11. The zero-order valence-electron chi connectivity index (χ0n) is 8.31. The molecule has 1 aliphatic rings. The van der Waals surface area contributed by atoms with E-state index in [4.69, 9.17) is 0 Å². The van der Waals surface area contributed by atoms with Gasteiger partial charge in [0.15, 0.2) is 0 Å². The lowest BCUT2D eigenvalue weighted by molar-refractivity contribution is 0.678. The normalized spacial score (nSPS) is 19.5. The number of rotatable bonds is 7. The monoisotopic (exact) mass is 187 g/mol. The number of hydrogen-bond donors (Lipinski definition) is 1. The third kappa shape index (κ3) is 5.04. The molecular weight excluding hydrogens is 166 g/mol. The van der Waals surface area contributed by atoms with Crippen molar-refractivity contribution in [2.45, 2.75) is 50.8 Å². The van der Waals surface area contributed by atoms with Crippen molar-refractivity contribution in [3.63, 3.8) is 0 Å². The molecular formula is C10H21NS. The molecule has 0 aliphatic heterocycles. The Morgan fingerprint density at radius 1 is 1.50 bits per heavy atom. The minimum atomic E-state index is 0.803. The Balaban J connectivity index is 1.84. The van der Waals surface area contributed by atoms with Crippen LogP contribution in [0, 0.1) is 0 Å². The number of hydrogen-bond acceptors (Lipinski definition) is 2. The molecule has 1 atom stereocenters. The van der Waals surface area contributed by atoms with E-state index in [0.717, 1.165) is 11.3 Å². The fourth-order valence-electron chi connectivity index (χ4n) is 1.11. The summed E-state index contributed by atoms with van der Waals surface area (Å²) >= 11 is 2.11. The first-order valence-electron chi connectivity index (χ1n) is 5.18. The van der Waals surface area contributed by atoms with Crippen LogP contribution in [0.1, 0.15) is 39.5 Å². The van der Waals surface area contributed by atoms with Crippen LogP contribution in [0.2, 0.25) is 0 Å². The van der Waals surface area contributed by atoms with Crippen molar-refractivity contribution in [1.29, 1.82) is 0 Å². The first-order valence-corrected chi connectivity index (χ1v) is 6.22. The average Bonchev–Trinajstić information content (AvgIpc) is 2.84. The number of thioether (sulfide) groups is 1. The minimum Gasteiger partial charge on any atom is -0.313 e. The van der Waals surface area contributed by atoms with Gasteiger partial charge in [-0.3, -0.25) is 0 Å². The molecule has 0 spiro atoms. The average molecular weight is 187 g/mol. The molecule has 1 saturated carbocycles. The highest BCUT2D eigenvalue weighted by Crippen LogP contribution is 2.19. The van der Waals surface area contributed by atoms with Crippen LogP contribution in [0.15, 0.2) is 0 Å². The second kappa shape index (κ2) is 5.87. The third-order valence-electron chi connectivity index (χ3n) is 2.17. The smallest absolute Gasteiger partial charge is 0.0144 e. The van der Waals surface area contributed by atoms with E-state index in [1.807, 2.05) is 0 Å². The Labute approximate surface area is 80.7 Å². The third-order valence-corrected chi connectivity index (χ3v) is 3.43. The van der Waals surface area contributed by atoms with Gasteiger partial charge in [0, 0.05) is 17.8 Å². The molecule has 0 aromatic rings. The van der Waals surface area contributed by atoms with Crippen LogP contribution in [0.3, 0.4) is 0 Å². The van der Waals surface area contributed by atoms with E-state index < -0.39 is 0 Å². The number of unbranched alkanes of at least 4 members (excludes halogenated alkanes) is 1. The van der Waals surface area contributed by atoms with Crippen molar-refractivity contribution in [3.8, 4) is 0 Å². The van der Waals surface area contributed by atoms with Gasteiger partial charge >= 0.3 is 0 Å². The van der Waals surface area contributed by atoms with E-state index in [-0.39, 0.29) is 0 Å². The molecule has 1 N–H and O–H groups in total.